The van der Waals surface area contributed by atoms with Crippen molar-refractivity contribution >= 4 is 0 Å². The maximum atomic E-state index is 8.97. The van der Waals surface area contributed by atoms with E-state index in [2.05, 4.69) is 0 Å². The van der Waals surface area contributed by atoms with E-state index >= 15 is 0 Å². The SMILES string of the molecule is C[C@H](CO)Cc1cccc2c1OCO2. The number of aliphatic hydroxyl groups is 1. The smallest absolute Gasteiger partial charge is 0.231 e. The average Bonchev–Trinajstić information content (AvgIpc) is 2.66. The fourth-order valence-electron chi connectivity index (χ4n) is 1.59. The predicted octanol–water partition coefficient (Wildman–Crippen LogP) is 1.59. The van der Waals surface area contributed by atoms with Gasteiger partial charge in [-0.15, -0.1) is 0 Å². The van der Waals surface area contributed by atoms with E-state index in [4.69, 9.17) is 14.6 Å². The normalized spacial score (nSPS) is 15.6. The Morgan fingerprint density at radius 3 is 3.07 bits per heavy atom. The lowest BCUT2D eigenvalue weighted by molar-refractivity contribution is 0.172. The molecule has 0 saturated carbocycles. The molecular formula is C11H14O3. The van der Waals surface area contributed by atoms with Gasteiger partial charge in [-0.2, -0.15) is 0 Å². The fourth-order valence-corrected chi connectivity index (χ4v) is 1.59. The second-order valence-electron chi connectivity index (χ2n) is 3.64. The van der Waals surface area contributed by atoms with Crippen molar-refractivity contribution in [2.75, 3.05) is 13.4 Å². The quantitative estimate of drug-likeness (QED) is 0.794. The average molecular weight is 194 g/mol. The van der Waals surface area contributed by atoms with Crippen molar-refractivity contribution < 1.29 is 14.6 Å². The van der Waals surface area contributed by atoms with Gasteiger partial charge < -0.3 is 14.6 Å². The number of aliphatic hydroxyl groups excluding tert-OH is 1. The molecule has 1 aliphatic rings. The standard InChI is InChI=1S/C11H14O3/c1-8(6-12)5-9-3-2-4-10-11(9)14-7-13-10/h2-4,8,12H,5-7H2,1H3/t8-/m0/s1. The summed E-state index contributed by atoms with van der Waals surface area (Å²) >= 11 is 0. The Kier molecular flexibility index (Phi) is 2.59. The third-order valence-electron chi connectivity index (χ3n) is 2.36. The van der Waals surface area contributed by atoms with Crippen LogP contribution in [0.15, 0.2) is 18.2 Å². The van der Waals surface area contributed by atoms with E-state index in [1.54, 1.807) is 0 Å². The van der Waals surface area contributed by atoms with Crippen molar-refractivity contribution in [3.05, 3.63) is 23.8 Å². The molecule has 0 aromatic heterocycles. The summed E-state index contributed by atoms with van der Waals surface area (Å²) in [6, 6.07) is 5.86. The molecule has 0 aliphatic carbocycles. The van der Waals surface area contributed by atoms with E-state index in [1.807, 2.05) is 25.1 Å². The van der Waals surface area contributed by atoms with Crippen molar-refractivity contribution in [2.24, 2.45) is 5.92 Å². The highest BCUT2D eigenvalue weighted by Gasteiger charge is 2.17. The van der Waals surface area contributed by atoms with Crippen molar-refractivity contribution in [1.29, 1.82) is 0 Å². The Balaban J connectivity index is 2.22. The first-order valence-corrected chi connectivity index (χ1v) is 4.79. The Morgan fingerprint density at radius 2 is 2.29 bits per heavy atom. The van der Waals surface area contributed by atoms with Gasteiger partial charge in [0.25, 0.3) is 0 Å². The van der Waals surface area contributed by atoms with Crippen LogP contribution < -0.4 is 9.47 Å². The van der Waals surface area contributed by atoms with Gasteiger partial charge in [0, 0.05) is 6.61 Å². The molecule has 1 aromatic rings. The number of hydrogen-bond acceptors (Lipinski definition) is 3. The zero-order valence-electron chi connectivity index (χ0n) is 8.19. The van der Waals surface area contributed by atoms with Crippen LogP contribution in [-0.2, 0) is 6.42 Å². The van der Waals surface area contributed by atoms with Gasteiger partial charge in [-0.1, -0.05) is 19.1 Å². The molecule has 0 amide bonds. The first kappa shape index (κ1) is 9.34. The van der Waals surface area contributed by atoms with Crippen LogP contribution >= 0.6 is 0 Å². The summed E-state index contributed by atoms with van der Waals surface area (Å²) in [4.78, 5) is 0. The maximum absolute atomic E-state index is 8.97. The number of hydrogen-bond donors (Lipinski definition) is 1. The molecule has 0 fully saturated rings. The molecule has 3 heteroatoms. The number of rotatable bonds is 3. The Bertz CT molecular complexity index is 322. The van der Waals surface area contributed by atoms with E-state index in [0.717, 1.165) is 23.5 Å². The molecule has 1 N–H and O–H groups in total. The number of ether oxygens (including phenoxy) is 2. The van der Waals surface area contributed by atoms with Crippen molar-refractivity contribution in [3.8, 4) is 11.5 Å². The summed E-state index contributed by atoms with van der Waals surface area (Å²) in [6.07, 6.45) is 0.822. The van der Waals surface area contributed by atoms with Gasteiger partial charge in [-0.25, -0.2) is 0 Å². The lowest BCUT2D eigenvalue weighted by Crippen LogP contribution is -2.05. The molecule has 3 nitrogen and oxygen atoms in total. The van der Waals surface area contributed by atoms with Crippen molar-refractivity contribution in [2.45, 2.75) is 13.3 Å². The molecule has 0 spiro atoms. The molecule has 1 atom stereocenters. The molecule has 1 heterocycles. The summed E-state index contributed by atoms with van der Waals surface area (Å²) in [5.74, 6) is 1.91. The summed E-state index contributed by atoms with van der Waals surface area (Å²) in [5, 5.41) is 8.97. The zero-order chi connectivity index (χ0) is 9.97. The summed E-state index contributed by atoms with van der Waals surface area (Å²) in [7, 11) is 0. The highest BCUT2D eigenvalue weighted by Crippen LogP contribution is 2.36. The molecule has 1 aromatic carbocycles. The zero-order valence-corrected chi connectivity index (χ0v) is 8.19. The number of fused-ring (bicyclic) bond motifs is 1. The van der Waals surface area contributed by atoms with Gasteiger partial charge in [0.05, 0.1) is 0 Å². The lowest BCUT2D eigenvalue weighted by Gasteiger charge is -2.09. The lowest BCUT2D eigenvalue weighted by atomic mass is 10.0. The van der Waals surface area contributed by atoms with E-state index in [1.165, 1.54) is 0 Å². The third-order valence-corrected chi connectivity index (χ3v) is 2.36. The van der Waals surface area contributed by atoms with Gasteiger partial charge in [0.1, 0.15) is 0 Å². The Labute approximate surface area is 83.3 Å². The molecule has 0 saturated heterocycles. The molecule has 0 unspecified atom stereocenters. The van der Waals surface area contributed by atoms with E-state index in [0.29, 0.717) is 6.79 Å². The minimum Gasteiger partial charge on any atom is -0.454 e. The number of para-hydroxylation sites is 1. The van der Waals surface area contributed by atoms with Gasteiger partial charge in [-0.05, 0) is 24.0 Å². The highest BCUT2D eigenvalue weighted by atomic mass is 16.7. The van der Waals surface area contributed by atoms with Crippen LogP contribution in [0.2, 0.25) is 0 Å². The third kappa shape index (κ3) is 1.68. The van der Waals surface area contributed by atoms with Crippen LogP contribution in [-0.4, -0.2) is 18.5 Å². The van der Waals surface area contributed by atoms with Crippen LogP contribution in [0, 0.1) is 5.92 Å². The molecule has 0 radical (unpaired) electrons. The molecule has 1 aliphatic heterocycles. The molecule has 76 valence electrons. The predicted molar refractivity (Wildman–Crippen MR) is 52.5 cm³/mol. The molecule has 14 heavy (non-hydrogen) atoms. The first-order chi connectivity index (χ1) is 6.81. The fraction of sp³-hybridized carbons (Fsp3) is 0.455. The van der Waals surface area contributed by atoms with Crippen molar-refractivity contribution in [1.82, 2.24) is 0 Å². The minimum absolute atomic E-state index is 0.199. The maximum Gasteiger partial charge on any atom is 0.231 e. The van der Waals surface area contributed by atoms with Gasteiger partial charge in [0.2, 0.25) is 6.79 Å². The van der Waals surface area contributed by atoms with Crippen LogP contribution in [0.25, 0.3) is 0 Å². The van der Waals surface area contributed by atoms with Crippen LogP contribution in [0.4, 0.5) is 0 Å². The van der Waals surface area contributed by atoms with Gasteiger partial charge in [0.15, 0.2) is 11.5 Å². The molecule has 0 bridgehead atoms. The van der Waals surface area contributed by atoms with Crippen LogP contribution in [0.5, 0.6) is 11.5 Å². The topological polar surface area (TPSA) is 38.7 Å². The van der Waals surface area contributed by atoms with E-state index < -0.39 is 0 Å². The monoisotopic (exact) mass is 194 g/mol. The summed E-state index contributed by atoms with van der Waals surface area (Å²) in [5.41, 5.74) is 1.11. The highest BCUT2D eigenvalue weighted by molar-refractivity contribution is 5.48. The second kappa shape index (κ2) is 3.88. The summed E-state index contributed by atoms with van der Waals surface area (Å²) in [6.45, 7) is 2.51. The molecule has 2 rings (SSSR count). The summed E-state index contributed by atoms with van der Waals surface area (Å²) < 4.78 is 10.6. The second-order valence-corrected chi connectivity index (χ2v) is 3.64. The van der Waals surface area contributed by atoms with Crippen LogP contribution in [0.3, 0.4) is 0 Å². The Hall–Kier alpha value is -1.22. The first-order valence-electron chi connectivity index (χ1n) is 4.79. The largest absolute Gasteiger partial charge is 0.454 e. The minimum atomic E-state index is 0.199. The van der Waals surface area contributed by atoms with Gasteiger partial charge in [-0.3, -0.25) is 0 Å². The number of benzene rings is 1. The van der Waals surface area contributed by atoms with Crippen molar-refractivity contribution in [3.63, 3.8) is 0 Å². The van der Waals surface area contributed by atoms with Gasteiger partial charge >= 0.3 is 0 Å². The molecular weight excluding hydrogens is 180 g/mol. The Morgan fingerprint density at radius 1 is 1.43 bits per heavy atom. The van der Waals surface area contributed by atoms with Crippen LogP contribution in [0.1, 0.15) is 12.5 Å². The van der Waals surface area contributed by atoms with E-state index in [-0.39, 0.29) is 12.5 Å². The van der Waals surface area contributed by atoms with E-state index in [9.17, 15) is 0 Å².